The van der Waals surface area contributed by atoms with Crippen molar-refractivity contribution in [1.29, 1.82) is 0 Å². The van der Waals surface area contributed by atoms with Gasteiger partial charge >= 0.3 is 0 Å². The Hall–Kier alpha value is -1.70. The van der Waals surface area contributed by atoms with Crippen LogP contribution in [0.4, 0.5) is 0 Å². The summed E-state index contributed by atoms with van der Waals surface area (Å²) in [6, 6.07) is 0.354. The second-order valence-corrected chi connectivity index (χ2v) is 5.86. The van der Waals surface area contributed by atoms with Crippen molar-refractivity contribution in [1.82, 2.24) is 29.7 Å². The molecule has 0 unspecified atom stereocenters. The molecule has 1 saturated heterocycles. The van der Waals surface area contributed by atoms with Gasteiger partial charge in [0.25, 0.3) is 5.91 Å². The third kappa shape index (κ3) is 2.60. The maximum absolute atomic E-state index is 12.2. The van der Waals surface area contributed by atoms with Crippen LogP contribution in [0.2, 0.25) is 0 Å². The van der Waals surface area contributed by atoms with E-state index in [-0.39, 0.29) is 5.91 Å². The average Bonchev–Trinajstić information content (AvgIpc) is 3.07. The molecule has 0 aliphatic carbocycles. The Bertz CT molecular complexity index is 613. The van der Waals surface area contributed by atoms with Crippen LogP contribution in [0.15, 0.2) is 23.1 Å². The molecule has 7 nitrogen and oxygen atoms in total. The second kappa shape index (κ2) is 5.35. The number of carbonyl (C=O) groups excluding carboxylic acids is 1. The zero-order valence-corrected chi connectivity index (χ0v) is 12.7. The van der Waals surface area contributed by atoms with Gasteiger partial charge in [-0.3, -0.25) is 14.2 Å². The van der Waals surface area contributed by atoms with Gasteiger partial charge in [-0.15, -0.1) is 5.10 Å². The topological polar surface area (TPSA) is 68.8 Å². The van der Waals surface area contributed by atoms with Crippen molar-refractivity contribution in [2.24, 2.45) is 7.05 Å². The quantitative estimate of drug-likeness (QED) is 0.826. The molecule has 1 amide bonds. The Labute approximate surface area is 124 Å². The molecular weight excluding hydrogens is 324 g/mol. The Morgan fingerprint density at radius 3 is 2.65 bits per heavy atom. The molecule has 106 valence electrons. The number of hydrogen-bond acceptors (Lipinski definition) is 4. The standard InChI is InChI=1S/C12H15BrN6O/c1-17-8-11(15-16-17)12(20)18-4-2-10(3-5-18)19-7-9(13)6-14-19/h6-8,10H,2-5H2,1H3. The SMILES string of the molecule is Cn1cc(C(=O)N2CCC(n3cc(Br)cn3)CC2)nn1. The Balaban J connectivity index is 1.62. The van der Waals surface area contributed by atoms with Gasteiger partial charge in [0, 0.05) is 26.3 Å². The number of nitrogens with zero attached hydrogens (tertiary/aromatic N) is 6. The van der Waals surface area contributed by atoms with Gasteiger partial charge in [-0.25, -0.2) is 0 Å². The highest BCUT2D eigenvalue weighted by Crippen LogP contribution is 2.23. The number of piperidine rings is 1. The van der Waals surface area contributed by atoms with Crippen LogP contribution in [-0.4, -0.2) is 48.7 Å². The third-order valence-electron chi connectivity index (χ3n) is 3.52. The van der Waals surface area contributed by atoms with Gasteiger partial charge in [0.2, 0.25) is 0 Å². The van der Waals surface area contributed by atoms with Crippen molar-refractivity contribution < 1.29 is 4.79 Å². The van der Waals surface area contributed by atoms with Crippen molar-refractivity contribution in [3.63, 3.8) is 0 Å². The van der Waals surface area contributed by atoms with Crippen LogP contribution in [0.25, 0.3) is 0 Å². The molecule has 0 aromatic carbocycles. The van der Waals surface area contributed by atoms with Crippen molar-refractivity contribution >= 4 is 21.8 Å². The van der Waals surface area contributed by atoms with Gasteiger partial charge in [-0.05, 0) is 28.8 Å². The fourth-order valence-electron chi connectivity index (χ4n) is 2.46. The van der Waals surface area contributed by atoms with Crippen LogP contribution in [-0.2, 0) is 7.05 Å². The third-order valence-corrected chi connectivity index (χ3v) is 3.93. The van der Waals surface area contributed by atoms with E-state index in [0.717, 1.165) is 30.4 Å². The lowest BCUT2D eigenvalue weighted by molar-refractivity contribution is 0.0684. The molecule has 8 heteroatoms. The summed E-state index contributed by atoms with van der Waals surface area (Å²) < 4.78 is 4.49. The fraction of sp³-hybridized carbons (Fsp3) is 0.500. The smallest absolute Gasteiger partial charge is 0.276 e. The highest BCUT2D eigenvalue weighted by atomic mass is 79.9. The molecule has 0 radical (unpaired) electrons. The molecule has 0 N–H and O–H groups in total. The normalized spacial score (nSPS) is 16.6. The Kier molecular flexibility index (Phi) is 3.56. The second-order valence-electron chi connectivity index (χ2n) is 4.94. The zero-order chi connectivity index (χ0) is 14.1. The Morgan fingerprint density at radius 2 is 2.10 bits per heavy atom. The summed E-state index contributed by atoms with van der Waals surface area (Å²) in [6.07, 6.45) is 7.22. The first kappa shape index (κ1) is 13.3. The molecule has 0 spiro atoms. The molecule has 0 atom stereocenters. The van der Waals surface area contributed by atoms with Crippen LogP contribution in [0.1, 0.15) is 29.4 Å². The minimum Gasteiger partial charge on any atom is -0.337 e. The maximum atomic E-state index is 12.2. The summed E-state index contributed by atoms with van der Waals surface area (Å²) in [4.78, 5) is 14.1. The van der Waals surface area contributed by atoms with Crippen LogP contribution in [0.3, 0.4) is 0 Å². The molecule has 0 bridgehead atoms. The largest absolute Gasteiger partial charge is 0.337 e. The van der Waals surface area contributed by atoms with Gasteiger partial charge in [0.05, 0.1) is 22.9 Å². The van der Waals surface area contributed by atoms with Crippen LogP contribution < -0.4 is 0 Å². The molecule has 2 aromatic heterocycles. The van der Waals surface area contributed by atoms with E-state index >= 15 is 0 Å². The predicted molar refractivity (Wildman–Crippen MR) is 75.1 cm³/mol. The summed E-state index contributed by atoms with van der Waals surface area (Å²) in [5, 5.41) is 12.0. The van der Waals surface area contributed by atoms with E-state index < -0.39 is 0 Å². The van der Waals surface area contributed by atoms with Gasteiger partial charge < -0.3 is 4.90 Å². The first-order valence-corrected chi connectivity index (χ1v) is 7.28. The Morgan fingerprint density at radius 1 is 1.35 bits per heavy atom. The first-order valence-electron chi connectivity index (χ1n) is 6.49. The summed E-state index contributed by atoms with van der Waals surface area (Å²) >= 11 is 3.40. The summed E-state index contributed by atoms with van der Waals surface area (Å²) in [5.74, 6) is -0.0433. The molecule has 1 aliphatic heterocycles. The van der Waals surface area contributed by atoms with E-state index in [1.165, 1.54) is 0 Å². The van der Waals surface area contributed by atoms with Crippen LogP contribution >= 0.6 is 15.9 Å². The summed E-state index contributed by atoms with van der Waals surface area (Å²) in [7, 11) is 1.76. The average molecular weight is 339 g/mol. The van der Waals surface area contributed by atoms with Crippen molar-refractivity contribution in [2.75, 3.05) is 13.1 Å². The number of amides is 1. The predicted octanol–water partition coefficient (Wildman–Crippen LogP) is 1.25. The van der Waals surface area contributed by atoms with Crippen LogP contribution in [0, 0.1) is 0 Å². The van der Waals surface area contributed by atoms with Crippen LogP contribution in [0.5, 0.6) is 0 Å². The van der Waals surface area contributed by atoms with E-state index in [1.54, 1.807) is 24.1 Å². The lowest BCUT2D eigenvalue weighted by Crippen LogP contribution is -2.39. The zero-order valence-electron chi connectivity index (χ0n) is 11.1. The lowest BCUT2D eigenvalue weighted by Gasteiger charge is -2.31. The molecular formula is C12H15BrN6O. The minimum absolute atomic E-state index is 0.0433. The number of aromatic nitrogens is 5. The first-order chi connectivity index (χ1) is 9.63. The summed E-state index contributed by atoms with van der Waals surface area (Å²) in [6.45, 7) is 1.44. The van der Waals surface area contributed by atoms with Gasteiger partial charge in [0.1, 0.15) is 0 Å². The highest BCUT2D eigenvalue weighted by Gasteiger charge is 2.26. The van der Waals surface area contributed by atoms with E-state index in [9.17, 15) is 4.79 Å². The number of rotatable bonds is 2. The van der Waals surface area contributed by atoms with Gasteiger partial charge in [-0.2, -0.15) is 5.10 Å². The molecule has 2 aromatic rings. The summed E-state index contributed by atoms with van der Waals surface area (Å²) in [5.41, 5.74) is 0.410. The molecule has 20 heavy (non-hydrogen) atoms. The number of hydrogen-bond donors (Lipinski definition) is 0. The van der Waals surface area contributed by atoms with E-state index in [0.29, 0.717) is 11.7 Å². The molecule has 1 aliphatic rings. The molecule has 3 heterocycles. The maximum Gasteiger partial charge on any atom is 0.276 e. The highest BCUT2D eigenvalue weighted by molar-refractivity contribution is 9.10. The van der Waals surface area contributed by atoms with Gasteiger partial charge in [-0.1, -0.05) is 5.21 Å². The molecule has 0 saturated carbocycles. The van der Waals surface area contributed by atoms with Crippen molar-refractivity contribution in [2.45, 2.75) is 18.9 Å². The number of likely N-dealkylation sites (tertiary alicyclic amines) is 1. The molecule has 1 fully saturated rings. The number of aryl methyl sites for hydroxylation is 1. The van der Waals surface area contributed by atoms with E-state index in [2.05, 4.69) is 31.3 Å². The lowest BCUT2D eigenvalue weighted by atomic mass is 10.1. The van der Waals surface area contributed by atoms with Crippen molar-refractivity contribution in [3.05, 3.63) is 28.8 Å². The minimum atomic E-state index is -0.0433. The van der Waals surface area contributed by atoms with Gasteiger partial charge in [0.15, 0.2) is 5.69 Å². The van der Waals surface area contributed by atoms with E-state index in [4.69, 9.17) is 0 Å². The fourth-order valence-corrected chi connectivity index (χ4v) is 2.76. The van der Waals surface area contributed by atoms with Crippen molar-refractivity contribution in [3.8, 4) is 0 Å². The number of carbonyl (C=O) groups is 1. The number of halogens is 1. The van der Waals surface area contributed by atoms with E-state index in [1.807, 2.05) is 15.8 Å². The molecule has 3 rings (SSSR count). The monoisotopic (exact) mass is 338 g/mol.